The van der Waals surface area contributed by atoms with Crippen molar-refractivity contribution in [2.24, 2.45) is 5.92 Å². The van der Waals surface area contributed by atoms with Crippen molar-refractivity contribution in [2.75, 3.05) is 6.61 Å². The van der Waals surface area contributed by atoms with Crippen LogP contribution in [0.5, 0.6) is 0 Å². The van der Waals surface area contributed by atoms with Crippen LogP contribution >= 0.6 is 15.9 Å². The molecule has 2 rings (SSSR count). The average molecular weight is 311 g/mol. The van der Waals surface area contributed by atoms with E-state index in [1.54, 1.807) is 0 Å². The molecule has 2 atom stereocenters. The Hall–Kier alpha value is -0.670. The molecule has 0 amide bonds. The van der Waals surface area contributed by atoms with E-state index in [0.29, 0.717) is 11.5 Å². The van der Waals surface area contributed by atoms with Crippen LogP contribution in [-0.2, 0) is 4.74 Å². The molecule has 1 aromatic carbocycles. The summed E-state index contributed by atoms with van der Waals surface area (Å²) in [5.41, 5.74) is 0.716. The molecular formula is C15H19BrO2. The summed E-state index contributed by atoms with van der Waals surface area (Å²) in [5.74, 6) is 0.642. The third-order valence-corrected chi connectivity index (χ3v) is 4.10. The molecule has 2 nitrogen and oxygen atoms in total. The molecule has 0 aromatic heterocycles. The Morgan fingerprint density at radius 3 is 2.89 bits per heavy atom. The number of ketones is 1. The number of carbonyl (C=O) groups is 1. The topological polar surface area (TPSA) is 26.3 Å². The second-order valence-corrected chi connectivity index (χ2v) is 5.96. The highest BCUT2D eigenvalue weighted by Gasteiger charge is 2.22. The molecule has 0 radical (unpaired) electrons. The monoisotopic (exact) mass is 310 g/mol. The van der Waals surface area contributed by atoms with Gasteiger partial charge in [-0.2, -0.15) is 0 Å². The first kappa shape index (κ1) is 13.8. The van der Waals surface area contributed by atoms with Crippen LogP contribution in [0.2, 0.25) is 0 Å². The van der Waals surface area contributed by atoms with Gasteiger partial charge < -0.3 is 4.74 Å². The van der Waals surface area contributed by atoms with E-state index in [9.17, 15) is 4.79 Å². The maximum absolute atomic E-state index is 12.0. The molecule has 1 aliphatic carbocycles. The highest BCUT2D eigenvalue weighted by atomic mass is 79.9. The first-order chi connectivity index (χ1) is 8.66. The molecule has 0 spiro atoms. The first-order valence-corrected chi connectivity index (χ1v) is 7.36. The van der Waals surface area contributed by atoms with E-state index in [-0.39, 0.29) is 18.5 Å². The van der Waals surface area contributed by atoms with E-state index in [1.165, 1.54) is 19.3 Å². The van der Waals surface area contributed by atoms with Gasteiger partial charge in [0.25, 0.3) is 0 Å². The fourth-order valence-electron chi connectivity index (χ4n) is 2.46. The lowest BCUT2D eigenvalue weighted by Gasteiger charge is -2.28. The van der Waals surface area contributed by atoms with Gasteiger partial charge in [-0.3, -0.25) is 4.79 Å². The van der Waals surface area contributed by atoms with Crippen molar-refractivity contribution in [2.45, 2.75) is 38.7 Å². The highest BCUT2D eigenvalue weighted by molar-refractivity contribution is 9.10. The lowest BCUT2D eigenvalue weighted by molar-refractivity contribution is 0.000748. The van der Waals surface area contributed by atoms with Crippen LogP contribution in [0.25, 0.3) is 0 Å². The van der Waals surface area contributed by atoms with Gasteiger partial charge in [-0.1, -0.05) is 47.8 Å². The minimum Gasteiger partial charge on any atom is -0.370 e. The molecule has 0 aliphatic heterocycles. The van der Waals surface area contributed by atoms with Crippen molar-refractivity contribution in [1.29, 1.82) is 0 Å². The molecule has 0 bridgehead atoms. The van der Waals surface area contributed by atoms with E-state index in [2.05, 4.69) is 22.9 Å². The van der Waals surface area contributed by atoms with Crippen LogP contribution in [0, 0.1) is 5.92 Å². The number of rotatable bonds is 4. The summed E-state index contributed by atoms with van der Waals surface area (Å²) in [6.45, 7) is 2.42. The highest BCUT2D eigenvalue weighted by Crippen LogP contribution is 2.26. The second kappa shape index (κ2) is 6.48. The van der Waals surface area contributed by atoms with Gasteiger partial charge in [-0.05, 0) is 30.9 Å². The van der Waals surface area contributed by atoms with E-state index in [1.807, 2.05) is 24.3 Å². The Morgan fingerprint density at radius 2 is 2.17 bits per heavy atom. The van der Waals surface area contributed by atoms with Crippen molar-refractivity contribution in [3.05, 3.63) is 34.3 Å². The maximum atomic E-state index is 12.0. The number of hydrogen-bond donors (Lipinski definition) is 0. The van der Waals surface area contributed by atoms with E-state index in [0.717, 1.165) is 10.9 Å². The predicted molar refractivity (Wildman–Crippen MR) is 75.8 cm³/mol. The summed E-state index contributed by atoms with van der Waals surface area (Å²) in [6.07, 6.45) is 5.08. The molecule has 18 heavy (non-hydrogen) atoms. The zero-order chi connectivity index (χ0) is 13.0. The molecular weight excluding hydrogens is 292 g/mol. The van der Waals surface area contributed by atoms with Gasteiger partial charge >= 0.3 is 0 Å². The predicted octanol–water partition coefficient (Wildman–Crippen LogP) is 4.23. The quantitative estimate of drug-likeness (QED) is 0.778. The van der Waals surface area contributed by atoms with Crippen LogP contribution in [0.1, 0.15) is 43.0 Å². The maximum Gasteiger partial charge on any atom is 0.188 e. The molecule has 1 aromatic rings. The van der Waals surface area contributed by atoms with Crippen molar-refractivity contribution >= 4 is 21.7 Å². The Kier molecular flexibility index (Phi) is 4.95. The minimum absolute atomic E-state index is 0.0640. The molecule has 0 heterocycles. The van der Waals surface area contributed by atoms with Crippen molar-refractivity contribution in [3.63, 3.8) is 0 Å². The van der Waals surface area contributed by atoms with Crippen molar-refractivity contribution in [1.82, 2.24) is 0 Å². The molecule has 1 aliphatic rings. The fourth-order valence-corrected chi connectivity index (χ4v) is 2.86. The molecule has 1 fully saturated rings. The number of Topliss-reactive ketones (excluding diaryl/α,β-unsaturated/α-hetero) is 1. The average Bonchev–Trinajstić information content (AvgIpc) is 2.37. The molecule has 3 heteroatoms. The Bertz CT molecular complexity index is 417. The lowest BCUT2D eigenvalue weighted by Crippen LogP contribution is -2.27. The second-order valence-electron chi connectivity index (χ2n) is 5.04. The summed E-state index contributed by atoms with van der Waals surface area (Å²) in [7, 11) is 0. The number of halogens is 1. The molecule has 98 valence electrons. The third kappa shape index (κ3) is 3.66. The van der Waals surface area contributed by atoms with Crippen LogP contribution in [-0.4, -0.2) is 18.5 Å². The Labute approximate surface area is 117 Å². The van der Waals surface area contributed by atoms with Gasteiger partial charge in [0.05, 0.1) is 6.10 Å². The molecule has 0 saturated heterocycles. The first-order valence-electron chi connectivity index (χ1n) is 6.57. The summed E-state index contributed by atoms with van der Waals surface area (Å²) >= 11 is 3.37. The van der Waals surface area contributed by atoms with Gasteiger partial charge in [0, 0.05) is 10.0 Å². The van der Waals surface area contributed by atoms with E-state index in [4.69, 9.17) is 4.74 Å². The van der Waals surface area contributed by atoms with E-state index >= 15 is 0 Å². The van der Waals surface area contributed by atoms with Crippen molar-refractivity contribution < 1.29 is 9.53 Å². The Balaban J connectivity index is 1.88. The molecule has 0 N–H and O–H groups in total. The zero-order valence-corrected chi connectivity index (χ0v) is 12.3. The third-order valence-electron chi connectivity index (χ3n) is 3.61. The van der Waals surface area contributed by atoms with Gasteiger partial charge in [0.15, 0.2) is 5.78 Å². The smallest absolute Gasteiger partial charge is 0.188 e. The van der Waals surface area contributed by atoms with Crippen LogP contribution in [0.4, 0.5) is 0 Å². The van der Waals surface area contributed by atoms with Crippen LogP contribution < -0.4 is 0 Å². The zero-order valence-electron chi connectivity index (χ0n) is 10.7. The van der Waals surface area contributed by atoms with Gasteiger partial charge in [0.1, 0.15) is 6.61 Å². The molecule has 2 unspecified atom stereocenters. The lowest BCUT2D eigenvalue weighted by atomic mass is 9.88. The number of benzene rings is 1. The summed E-state index contributed by atoms with van der Waals surface area (Å²) in [4.78, 5) is 12.0. The standard InChI is InChI=1S/C15H19BrO2/c1-11-5-2-3-8-15(11)18-10-14(17)12-6-4-7-13(16)9-12/h4,6-7,9,11,15H,2-3,5,8,10H2,1H3. The Morgan fingerprint density at radius 1 is 1.39 bits per heavy atom. The van der Waals surface area contributed by atoms with Gasteiger partial charge in [0.2, 0.25) is 0 Å². The van der Waals surface area contributed by atoms with E-state index < -0.39 is 0 Å². The SMILES string of the molecule is CC1CCCCC1OCC(=O)c1cccc(Br)c1. The van der Waals surface area contributed by atoms with Crippen LogP contribution in [0.15, 0.2) is 28.7 Å². The van der Waals surface area contributed by atoms with Crippen molar-refractivity contribution in [3.8, 4) is 0 Å². The van der Waals surface area contributed by atoms with Crippen LogP contribution in [0.3, 0.4) is 0 Å². The summed E-state index contributed by atoms with van der Waals surface area (Å²) in [6, 6.07) is 7.47. The summed E-state index contributed by atoms with van der Waals surface area (Å²) in [5, 5.41) is 0. The fraction of sp³-hybridized carbons (Fsp3) is 0.533. The summed E-state index contributed by atoms with van der Waals surface area (Å²) < 4.78 is 6.72. The number of ether oxygens (including phenoxy) is 1. The largest absolute Gasteiger partial charge is 0.370 e. The normalized spacial score (nSPS) is 23.9. The number of hydrogen-bond acceptors (Lipinski definition) is 2. The van der Waals surface area contributed by atoms with Gasteiger partial charge in [-0.15, -0.1) is 0 Å². The van der Waals surface area contributed by atoms with Gasteiger partial charge in [-0.25, -0.2) is 0 Å². The minimum atomic E-state index is 0.0640. The number of carbonyl (C=O) groups excluding carboxylic acids is 1. The molecule has 1 saturated carbocycles.